The molecule has 25 heavy (non-hydrogen) atoms. The number of nitrogens with one attached hydrogen (secondary N) is 2. The molecule has 5 rings (SSSR count). The van der Waals surface area contributed by atoms with Crippen molar-refractivity contribution in [3.8, 4) is 0 Å². The first-order valence-corrected chi connectivity index (χ1v) is 8.41. The highest BCUT2D eigenvalue weighted by Crippen LogP contribution is 2.45. The quantitative estimate of drug-likeness (QED) is 0.539. The van der Waals surface area contributed by atoms with E-state index in [1.54, 1.807) is 17.5 Å². The zero-order chi connectivity index (χ0) is 16.8. The number of fused-ring (bicyclic) bond motifs is 2. The molecule has 1 unspecified atom stereocenters. The van der Waals surface area contributed by atoms with Crippen LogP contribution in [-0.4, -0.2) is 20.5 Å². The lowest BCUT2D eigenvalue weighted by molar-refractivity contribution is 0.315. The second-order valence-corrected chi connectivity index (χ2v) is 6.53. The monoisotopic (exact) mass is 346 g/mol. The summed E-state index contributed by atoms with van der Waals surface area (Å²) in [5.41, 5.74) is 4.51. The van der Waals surface area contributed by atoms with Gasteiger partial charge in [-0.1, -0.05) is 18.2 Å². The highest BCUT2D eigenvalue weighted by molar-refractivity contribution is 7.11. The van der Waals surface area contributed by atoms with Gasteiger partial charge in [-0.3, -0.25) is 5.10 Å². The normalized spacial score (nSPS) is 16.5. The summed E-state index contributed by atoms with van der Waals surface area (Å²) in [6.07, 6.45) is 1.75. The topological polar surface area (TPSA) is 84.0 Å². The fraction of sp³-hybridized carbons (Fsp3) is 0.0588. The summed E-state index contributed by atoms with van der Waals surface area (Å²) in [7, 11) is 0. The highest BCUT2D eigenvalue weighted by atomic mass is 32.1. The standard InChI is InChI=1S/C17H10N6OS/c1-18-16-13(9-4-2-5-11-14(9)23-24-22-11)10-8-19-21-17(10)20-15(16)12-6-3-7-25-12/h2-8,13H,(H2,19,20,21). The van der Waals surface area contributed by atoms with E-state index < -0.39 is 0 Å². The molecule has 1 aromatic carbocycles. The summed E-state index contributed by atoms with van der Waals surface area (Å²) in [6.45, 7) is 7.82. The smallest absolute Gasteiger partial charge is 0.201 e. The molecule has 1 atom stereocenters. The van der Waals surface area contributed by atoms with Crippen LogP contribution in [0.1, 0.15) is 21.9 Å². The number of anilines is 1. The van der Waals surface area contributed by atoms with E-state index in [0.29, 0.717) is 16.7 Å². The molecule has 0 aliphatic carbocycles. The van der Waals surface area contributed by atoms with E-state index in [2.05, 4.69) is 30.7 Å². The zero-order valence-electron chi connectivity index (χ0n) is 12.7. The van der Waals surface area contributed by atoms with Gasteiger partial charge in [0.25, 0.3) is 0 Å². The van der Waals surface area contributed by atoms with Crippen LogP contribution < -0.4 is 5.32 Å². The predicted molar refractivity (Wildman–Crippen MR) is 93.7 cm³/mol. The van der Waals surface area contributed by atoms with E-state index in [4.69, 9.17) is 11.2 Å². The van der Waals surface area contributed by atoms with Crippen molar-refractivity contribution in [3.05, 3.63) is 75.0 Å². The van der Waals surface area contributed by atoms with Gasteiger partial charge in [-0.15, -0.1) is 11.3 Å². The van der Waals surface area contributed by atoms with E-state index >= 15 is 0 Å². The van der Waals surface area contributed by atoms with E-state index in [1.807, 2.05) is 35.7 Å². The van der Waals surface area contributed by atoms with Crippen LogP contribution in [-0.2, 0) is 0 Å². The first-order valence-electron chi connectivity index (χ1n) is 7.54. The molecule has 0 saturated heterocycles. The van der Waals surface area contributed by atoms with Gasteiger partial charge in [-0.05, 0) is 33.4 Å². The number of allylic oxidation sites excluding steroid dienone is 1. The Hall–Kier alpha value is -3.44. The summed E-state index contributed by atoms with van der Waals surface area (Å²) in [5, 5.41) is 20.4. The molecule has 2 N–H and O–H groups in total. The predicted octanol–water partition coefficient (Wildman–Crippen LogP) is 3.85. The van der Waals surface area contributed by atoms with Gasteiger partial charge in [-0.25, -0.2) is 9.47 Å². The second kappa shape index (κ2) is 5.29. The minimum Gasteiger partial charge on any atom is -0.349 e. The summed E-state index contributed by atoms with van der Waals surface area (Å²) in [4.78, 5) is 4.87. The van der Waals surface area contributed by atoms with Crippen molar-refractivity contribution in [1.29, 1.82) is 0 Å². The van der Waals surface area contributed by atoms with Crippen molar-refractivity contribution < 1.29 is 4.63 Å². The molecule has 1 aliphatic heterocycles. The molecule has 4 aromatic rings. The first kappa shape index (κ1) is 13.9. The number of hydrogen-bond acceptors (Lipinski definition) is 6. The number of hydrogen-bond donors (Lipinski definition) is 2. The van der Waals surface area contributed by atoms with Crippen molar-refractivity contribution in [1.82, 2.24) is 20.5 Å². The minimum absolute atomic E-state index is 0.291. The summed E-state index contributed by atoms with van der Waals surface area (Å²) < 4.78 is 4.90. The largest absolute Gasteiger partial charge is 0.349 e. The van der Waals surface area contributed by atoms with E-state index in [1.165, 1.54) is 0 Å². The average molecular weight is 346 g/mol. The first-order chi connectivity index (χ1) is 12.4. The third-order valence-corrected chi connectivity index (χ3v) is 5.16. The number of thiophene rings is 1. The number of aromatic amines is 1. The van der Waals surface area contributed by atoms with E-state index in [-0.39, 0.29) is 5.92 Å². The molecule has 0 saturated carbocycles. The molecule has 4 heterocycles. The summed E-state index contributed by atoms with van der Waals surface area (Å²) in [5.74, 6) is 0.495. The van der Waals surface area contributed by atoms with Crippen molar-refractivity contribution in [2.45, 2.75) is 5.92 Å². The number of rotatable bonds is 2. The molecular weight excluding hydrogens is 336 g/mol. The molecule has 3 aromatic heterocycles. The Kier molecular flexibility index (Phi) is 2.95. The summed E-state index contributed by atoms with van der Waals surface area (Å²) in [6, 6.07) is 9.66. The lowest BCUT2D eigenvalue weighted by Gasteiger charge is -2.25. The number of benzene rings is 1. The zero-order valence-corrected chi connectivity index (χ0v) is 13.5. The van der Waals surface area contributed by atoms with Crippen LogP contribution in [0.2, 0.25) is 0 Å². The van der Waals surface area contributed by atoms with E-state index in [9.17, 15) is 0 Å². The molecule has 7 nitrogen and oxygen atoms in total. The van der Waals surface area contributed by atoms with Crippen molar-refractivity contribution >= 4 is 33.9 Å². The lowest BCUT2D eigenvalue weighted by Crippen LogP contribution is -2.16. The third kappa shape index (κ3) is 2.00. The molecule has 0 amide bonds. The molecule has 120 valence electrons. The summed E-state index contributed by atoms with van der Waals surface area (Å²) >= 11 is 1.58. The molecule has 0 spiro atoms. The fourth-order valence-corrected chi connectivity index (χ4v) is 3.93. The van der Waals surface area contributed by atoms with Gasteiger partial charge in [0.1, 0.15) is 16.9 Å². The number of H-pyrrole nitrogens is 1. The Labute approximate surface area is 145 Å². The Morgan fingerprint density at radius 3 is 2.96 bits per heavy atom. The highest BCUT2D eigenvalue weighted by Gasteiger charge is 2.34. The van der Waals surface area contributed by atoms with E-state index in [0.717, 1.165) is 27.5 Å². The number of aromatic nitrogens is 4. The lowest BCUT2D eigenvalue weighted by atomic mass is 9.86. The van der Waals surface area contributed by atoms with Crippen molar-refractivity contribution in [3.63, 3.8) is 0 Å². The third-order valence-electron chi connectivity index (χ3n) is 4.28. The fourth-order valence-electron chi connectivity index (χ4n) is 3.20. The van der Waals surface area contributed by atoms with Crippen LogP contribution in [0.25, 0.3) is 21.6 Å². The van der Waals surface area contributed by atoms with Gasteiger partial charge in [0.15, 0.2) is 0 Å². The second-order valence-electron chi connectivity index (χ2n) is 5.59. The maximum atomic E-state index is 7.82. The van der Waals surface area contributed by atoms with Crippen molar-refractivity contribution in [2.75, 3.05) is 5.32 Å². The van der Waals surface area contributed by atoms with Crippen LogP contribution >= 0.6 is 11.3 Å². The molecule has 0 bridgehead atoms. The average Bonchev–Trinajstić information content (AvgIpc) is 3.40. The van der Waals surface area contributed by atoms with Crippen LogP contribution in [0.4, 0.5) is 5.82 Å². The molecular formula is C17H10N6OS. The Balaban J connectivity index is 1.82. The molecule has 0 fully saturated rings. The van der Waals surface area contributed by atoms with Gasteiger partial charge >= 0.3 is 0 Å². The minimum atomic E-state index is -0.291. The van der Waals surface area contributed by atoms with Crippen LogP contribution in [0, 0.1) is 6.57 Å². The van der Waals surface area contributed by atoms with Gasteiger partial charge in [0, 0.05) is 10.4 Å². The Bertz CT molecular complexity index is 1150. The molecule has 0 radical (unpaired) electrons. The van der Waals surface area contributed by atoms with Gasteiger partial charge in [0.05, 0.1) is 24.4 Å². The maximum Gasteiger partial charge on any atom is 0.201 e. The van der Waals surface area contributed by atoms with Gasteiger partial charge in [0.2, 0.25) is 5.70 Å². The van der Waals surface area contributed by atoms with Gasteiger partial charge in [-0.2, -0.15) is 5.10 Å². The van der Waals surface area contributed by atoms with Gasteiger partial charge < -0.3 is 5.32 Å². The van der Waals surface area contributed by atoms with Crippen molar-refractivity contribution in [2.24, 2.45) is 0 Å². The SMILES string of the molecule is [C-]#[N+]C1=C(c2cccs2)Nc2[nH]ncc2C1c1cccc2nonc12. The van der Waals surface area contributed by atoms with Crippen LogP contribution in [0.3, 0.4) is 0 Å². The Morgan fingerprint density at radius 1 is 1.16 bits per heavy atom. The molecule has 1 aliphatic rings. The molecule has 8 heteroatoms. The van der Waals surface area contributed by atoms with Crippen LogP contribution in [0.15, 0.2) is 52.2 Å². The maximum absolute atomic E-state index is 7.82. The number of nitrogens with zero attached hydrogens (tertiary/aromatic N) is 4. The van der Waals surface area contributed by atoms with Crippen LogP contribution in [0.5, 0.6) is 0 Å². The Morgan fingerprint density at radius 2 is 2.12 bits per heavy atom.